The van der Waals surface area contributed by atoms with Gasteiger partial charge in [-0.15, -0.1) is 0 Å². The van der Waals surface area contributed by atoms with Crippen molar-refractivity contribution in [3.05, 3.63) is 53.9 Å². The monoisotopic (exact) mass is 320 g/mol. The van der Waals surface area contributed by atoms with Crippen molar-refractivity contribution in [1.82, 2.24) is 9.88 Å². The zero-order valence-electron chi connectivity index (χ0n) is 12.9. The summed E-state index contributed by atoms with van der Waals surface area (Å²) in [5, 5.41) is 2.98. The Kier molecular flexibility index (Phi) is 4.71. The standard InChI is InChI=1S/C16H20N2O3S/c1-4-14(17-16(19)15-6-5-11-18(15)2)12-7-9-13(10-8-12)22(3,20)21/h5-11,14H,4H2,1-3H3,(H,17,19)/t14-/m0/s1. The van der Waals surface area contributed by atoms with E-state index in [1.165, 1.54) is 6.26 Å². The predicted molar refractivity (Wildman–Crippen MR) is 85.5 cm³/mol. The normalized spacial score (nSPS) is 12.9. The van der Waals surface area contributed by atoms with Gasteiger partial charge in [-0.3, -0.25) is 4.79 Å². The third-order valence-corrected chi connectivity index (χ3v) is 4.73. The molecule has 22 heavy (non-hydrogen) atoms. The van der Waals surface area contributed by atoms with Gasteiger partial charge in [0.05, 0.1) is 10.9 Å². The number of sulfone groups is 1. The second kappa shape index (κ2) is 6.36. The number of hydrogen-bond donors (Lipinski definition) is 1. The molecule has 0 fully saturated rings. The lowest BCUT2D eigenvalue weighted by Crippen LogP contribution is -2.29. The molecule has 0 aliphatic heterocycles. The average molecular weight is 320 g/mol. The number of rotatable bonds is 5. The molecule has 0 saturated carbocycles. The summed E-state index contributed by atoms with van der Waals surface area (Å²) in [5.74, 6) is -0.147. The van der Waals surface area contributed by atoms with Crippen molar-refractivity contribution in [3.63, 3.8) is 0 Å². The van der Waals surface area contributed by atoms with E-state index in [0.29, 0.717) is 12.1 Å². The molecule has 2 aromatic rings. The molecule has 2 rings (SSSR count). The maximum atomic E-state index is 12.3. The zero-order chi connectivity index (χ0) is 16.3. The Labute approximate surface area is 130 Å². The SMILES string of the molecule is CC[C@H](NC(=O)c1cccn1C)c1ccc(S(C)(=O)=O)cc1. The van der Waals surface area contributed by atoms with Gasteiger partial charge in [0.15, 0.2) is 9.84 Å². The van der Waals surface area contributed by atoms with Crippen LogP contribution in [-0.4, -0.2) is 25.1 Å². The van der Waals surface area contributed by atoms with Crippen molar-refractivity contribution < 1.29 is 13.2 Å². The molecule has 0 radical (unpaired) electrons. The number of hydrogen-bond acceptors (Lipinski definition) is 3. The van der Waals surface area contributed by atoms with E-state index in [9.17, 15) is 13.2 Å². The lowest BCUT2D eigenvalue weighted by Gasteiger charge is -2.18. The molecule has 1 N–H and O–H groups in total. The van der Waals surface area contributed by atoms with Crippen molar-refractivity contribution in [2.45, 2.75) is 24.3 Å². The van der Waals surface area contributed by atoms with Gasteiger partial charge in [0.25, 0.3) is 5.91 Å². The number of nitrogens with zero attached hydrogens (tertiary/aromatic N) is 1. The van der Waals surface area contributed by atoms with E-state index in [-0.39, 0.29) is 16.8 Å². The highest BCUT2D eigenvalue weighted by molar-refractivity contribution is 7.90. The van der Waals surface area contributed by atoms with Crippen LogP contribution in [-0.2, 0) is 16.9 Å². The highest BCUT2D eigenvalue weighted by atomic mass is 32.2. The molecular weight excluding hydrogens is 300 g/mol. The van der Waals surface area contributed by atoms with Gasteiger partial charge < -0.3 is 9.88 Å². The van der Waals surface area contributed by atoms with E-state index < -0.39 is 9.84 Å². The molecule has 0 unspecified atom stereocenters. The van der Waals surface area contributed by atoms with Crippen molar-refractivity contribution in [1.29, 1.82) is 0 Å². The Hall–Kier alpha value is -2.08. The van der Waals surface area contributed by atoms with Gasteiger partial charge in [-0.1, -0.05) is 19.1 Å². The summed E-state index contributed by atoms with van der Waals surface area (Å²) in [6, 6.07) is 10.1. The molecule has 1 aromatic heterocycles. The molecule has 118 valence electrons. The van der Waals surface area contributed by atoms with Crippen LogP contribution in [0.15, 0.2) is 47.5 Å². The van der Waals surface area contributed by atoms with E-state index in [2.05, 4.69) is 5.32 Å². The van der Waals surface area contributed by atoms with Crippen LogP contribution in [0.25, 0.3) is 0 Å². The maximum Gasteiger partial charge on any atom is 0.268 e. The molecule has 0 bridgehead atoms. The Morgan fingerprint density at radius 1 is 1.23 bits per heavy atom. The number of amides is 1. The number of aromatic nitrogens is 1. The maximum absolute atomic E-state index is 12.3. The third-order valence-electron chi connectivity index (χ3n) is 3.60. The first kappa shape index (κ1) is 16.3. The van der Waals surface area contributed by atoms with Gasteiger partial charge in [0.1, 0.15) is 5.69 Å². The van der Waals surface area contributed by atoms with Crippen molar-refractivity contribution in [2.24, 2.45) is 7.05 Å². The fourth-order valence-corrected chi connectivity index (χ4v) is 2.93. The molecule has 6 heteroatoms. The van der Waals surface area contributed by atoms with Crippen molar-refractivity contribution >= 4 is 15.7 Å². The summed E-state index contributed by atoms with van der Waals surface area (Å²) in [6.45, 7) is 1.97. The first-order valence-electron chi connectivity index (χ1n) is 7.05. The summed E-state index contributed by atoms with van der Waals surface area (Å²) in [6.07, 6.45) is 3.71. The quantitative estimate of drug-likeness (QED) is 0.919. The van der Waals surface area contributed by atoms with Gasteiger partial charge in [-0.05, 0) is 36.2 Å². The molecule has 1 amide bonds. The number of carbonyl (C=O) groups is 1. The van der Waals surface area contributed by atoms with Gasteiger partial charge in [-0.25, -0.2) is 8.42 Å². The molecular formula is C16H20N2O3S. The molecule has 0 aliphatic rings. The highest BCUT2D eigenvalue weighted by Crippen LogP contribution is 2.19. The Morgan fingerprint density at radius 2 is 1.86 bits per heavy atom. The highest BCUT2D eigenvalue weighted by Gasteiger charge is 2.16. The molecule has 0 saturated heterocycles. The molecule has 1 atom stereocenters. The summed E-state index contributed by atoms with van der Waals surface area (Å²) in [5.41, 5.74) is 1.48. The van der Waals surface area contributed by atoms with E-state index in [4.69, 9.17) is 0 Å². The number of aryl methyl sites for hydroxylation is 1. The topological polar surface area (TPSA) is 68.2 Å². The minimum absolute atomic E-state index is 0.147. The first-order chi connectivity index (χ1) is 10.3. The summed E-state index contributed by atoms with van der Waals surface area (Å²) >= 11 is 0. The van der Waals surface area contributed by atoms with Crippen LogP contribution in [0.1, 0.15) is 35.4 Å². The van der Waals surface area contributed by atoms with E-state index in [1.54, 1.807) is 34.9 Å². The van der Waals surface area contributed by atoms with Gasteiger partial charge in [0, 0.05) is 19.5 Å². The minimum Gasteiger partial charge on any atom is -0.347 e. The van der Waals surface area contributed by atoms with Crippen LogP contribution < -0.4 is 5.32 Å². The van der Waals surface area contributed by atoms with Crippen LogP contribution in [0.2, 0.25) is 0 Å². The summed E-state index contributed by atoms with van der Waals surface area (Å²) in [4.78, 5) is 12.5. The van der Waals surface area contributed by atoms with E-state index in [0.717, 1.165) is 5.56 Å². The summed E-state index contributed by atoms with van der Waals surface area (Å²) in [7, 11) is -1.39. The largest absolute Gasteiger partial charge is 0.347 e. The van der Waals surface area contributed by atoms with Crippen LogP contribution in [0.5, 0.6) is 0 Å². The number of benzene rings is 1. The van der Waals surface area contributed by atoms with Crippen LogP contribution in [0, 0.1) is 0 Å². The third kappa shape index (κ3) is 3.57. The van der Waals surface area contributed by atoms with E-state index >= 15 is 0 Å². The average Bonchev–Trinajstić information content (AvgIpc) is 2.90. The Bertz CT molecular complexity index is 761. The molecule has 0 aliphatic carbocycles. The van der Waals surface area contributed by atoms with Gasteiger partial charge >= 0.3 is 0 Å². The van der Waals surface area contributed by atoms with Crippen LogP contribution in [0.4, 0.5) is 0 Å². The Balaban J connectivity index is 2.18. The van der Waals surface area contributed by atoms with Crippen molar-refractivity contribution in [2.75, 3.05) is 6.26 Å². The number of nitrogens with one attached hydrogen (secondary N) is 1. The molecule has 5 nitrogen and oxygen atoms in total. The zero-order valence-corrected chi connectivity index (χ0v) is 13.7. The molecule has 1 aromatic carbocycles. The fraction of sp³-hybridized carbons (Fsp3) is 0.312. The lowest BCUT2D eigenvalue weighted by atomic mass is 10.0. The van der Waals surface area contributed by atoms with Gasteiger partial charge in [-0.2, -0.15) is 0 Å². The predicted octanol–water partition coefficient (Wildman–Crippen LogP) is 2.31. The lowest BCUT2D eigenvalue weighted by molar-refractivity contribution is 0.0927. The number of carbonyl (C=O) groups excluding carboxylic acids is 1. The van der Waals surface area contributed by atoms with Crippen LogP contribution in [0.3, 0.4) is 0 Å². The van der Waals surface area contributed by atoms with Crippen LogP contribution >= 0.6 is 0 Å². The second-order valence-electron chi connectivity index (χ2n) is 5.28. The summed E-state index contributed by atoms with van der Waals surface area (Å²) < 4.78 is 24.7. The van der Waals surface area contributed by atoms with E-state index in [1.807, 2.05) is 26.2 Å². The molecule has 0 spiro atoms. The van der Waals surface area contributed by atoms with Crippen molar-refractivity contribution in [3.8, 4) is 0 Å². The first-order valence-corrected chi connectivity index (χ1v) is 8.94. The molecule has 1 heterocycles. The Morgan fingerprint density at radius 3 is 2.32 bits per heavy atom. The van der Waals surface area contributed by atoms with Gasteiger partial charge in [0.2, 0.25) is 0 Å². The second-order valence-corrected chi connectivity index (χ2v) is 7.30. The smallest absolute Gasteiger partial charge is 0.268 e. The fourth-order valence-electron chi connectivity index (χ4n) is 2.30. The minimum atomic E-state index is -3.21.